The second-order valence-electron chi connectivity index (χ2n) is 9.67. The van der Waals surface area contributed by atoms with Crippen molar-refractivity contribution >= 4 is 40.8 Å². The van der Waals surface area contributed by atoms with Crippen LogP contribution in [0.2, 0.25) is 0 Å². The fraction of sp³-hybridized carbons (Fsp3) is 0.414. The number of benzene rings is 2. The Hall–Kier alpha value is -4.23. The lowest BCUT2D eigenvalue weighted by Crippen LogP contribution is -2.56. The number of nitrogens with zero attached hydrogens (tertiary/aromatic N) is 3. The van der Waals surface area contributed by atoms with E-state index in [1.54, 1.807) is 41.3 Å². The summed E-state index contributed by atoms with van der Waals surface area (Å²) in [6, 6.07) is 10.1. The quantitative estimate of drug-likeness (QED) is 0.431. The summed E-state index contributed by atoms with van der Waals surface area (Å²) in [6.07, 6.45) is -0.394. The molecule has 2 aromatic carbocycles. The number of aryl methyl sites for hydroxylation is 2. The molecule has 3 amide bonds. The first-order valence-electron chi connectivity index (χ1n) is 13.0. The minimum Gasteiger partial charge on any atom is -0.449 e. The average Bonchev–Trinajstić information content (AvgIpc) is 3.46. The van der Waals surface area contributed by atoms with Crippen LogP contribution < -0.4 is 10.2 Å². The van der Waals surface area contributed by atoms with E-state index in [1.165, 1.54) is 4.90 Å². The highest BCUT2D eigenvalue weighted by molar-refractivity contribution is 6.05. The van der Waals surface area contributed by atoms with Gasteiger partial charge in [-0.15, -0.1) is 0 Å². The van der Waals surface area contributed by atoms with E-state index in [4.69, 9.17) is 16.0 Å². The lowest BCUT2D eigenvalue weighted by Gasteiger charge is -2.35. The van der Waals surface area contributed by atoms with Crippen molar-refractivity contribution in [2.24, 2.45) is 0 Å². The van der Waals surface area contributed by atoms with E-state index in [1.807, 2.05) is 13.8 Å². The van der Waals surface area contributed by atoms with Gasteiger partial charge in [-0.3, -0.25) is 19.2 Å². The minimum atomic E-state index is -1.54. The van der Waals surface area contributed by atoms with Crippen molar-refractivity contribution in [3.63, 3.8) is 0 Å². The van der Waals surface area contributed by atoms with Gasteiger partial charge in [0.15, 0.2) is 11.8 Å². The van der Waals surface area contributed by atoms with Gasteiger partial charge in [-0.1, -0.05) is 13.0 Å². The van der Waals surface area contributed by atoms with Crippen molar-refractivity contribution in [1.82, 2.24) is 4.90 Å². The average molecular weight is 533 g/mol. The van der Waals surface area contributed by atoms with E-state index in [0.29, 0.717) is 42.1 Å². The van der Waals surface area contributed by atoms with E-state index in [0.717, 1.165) is 30.9 Å². The molecule has 2 fully saturated rings. The van der Waals surface area contributed by atoms with Crippen LogP contribution in [0.3, 0.4) is 0 Å². The van der Waals surface area contributed by atoms with Crippen molar-refractivity contribution in [1.29, 1.82) is 0 Å². The Kier molecular flexibility index (Phi) is 8.62. The normalized spacial score (nSPS) is 17.9. The number of morpholine rings is 1. The maximum absolute atomic E-state index is 13.6. The summed E-state index contributed by atoms with van der Waals surface area (Å²) in [7, 11) is 0. The molecule has 204 valence electrons. The number of hydrogen-bond acceptors (Lipinski definition) is 6. The molecule has 2 aromatic rings. The summed E-state index contributed by atoms with van der Waals surface area (Å²) >= 11 is 0. The number of carbonyl (C=O) groups is 4. The Morgan fingerprint density at radius 2 is 1.90 bits per heavy atom. The van der Waals surface area contributed by atoms with Crippen LogP contribution in [0.5, 0.6) is 0 Å². The molecule has 0 spiro atoms. The number of anilines is 2. The molecule has 0 saturated carbocycles. The van der Waals surface area contributed by atoms with Crippen LogP contribution in [-0.2, 0) is 30.3 Å². The molecule has 0 bridgehead atoms. The lowest BCUT2D eigenvalue weighted by molar-refractivity contribution is -0.167. The minimum absolute atomic E-state index is 0.0810. The largest absolute Gasteiger partial charge is 0.449 e. The summed E-state index contributed by atoms with van der Waals surface area (Å²) in [4.78, 5) is 58.6. The van der Waals surface area contributed by atoms with E-state index in [-0.39, 0.29) is 19.1 Å². The van der Waals surface area contributed by atoms with Gasteiger partial charge in [-0.05, 0) is 67.6 Å². The van der Waals surface area contributed by atoms with Crippen molar-refractivity contribution in [3.05, 3.63) is 64.5 Å². The van der Waals surface area contributed by atoms with Crippen molar-refractivity contribution in [3.8, 4) is 0 Å². The van der Waals surface area contributed by atoms with Crippen LogP contribution in [-0.4, -0.2) is 67.0 Å². The number of amides is 3. The summed E-state index contributed by atoms with van der Waals surface area (Å²) < 4.78 is 11.0. The number of rotatable bonds is 7. The number of likely N-dealkylation sites (tertiary alicyclic amines) is 1. The molecule has 0 radical (unpaired) electrons. The first-order valence-corrected chi connectivity index (χ1v) is 13.0. The number of nitrogens with one attached hydrogen (secondary N) is 1. The van der Waals surface area contributed by atoms with Crippen molar-refractivity contribution < 1.29 is 28.7 Å². The highest BCUT2D eigenvalue weighted by atomic mass is 16.6. The topological polar surface area (TPSA) is 110 Å². The second-order valence-corrected chi connectivity index (χ2v) is 9.67. The van der Waals surface area contributed by atoms with Crippen LogP contribution in [0.1, 0.15) is 48.2 Å². The van der Waals surface area contributed by atoms with Crippen LogP contribution >= 0.6 is 0 Å². The summed E-state index contributed by atoms with van der Waals surface area (Å²) in [5.74, 6) is -2.10. The van der Waals surface area contributed by atoms with Gasteiger partial charge < -0.3 is 24.6 Å². The third-order valence-electron chi connectivity index (χ3n) is 6.81. The molecular weight excluding hydrogens is 500 g/mol. The van der Waals surface area contributed by atoms with Gasteiger partial charge in [0, 0.05) is 43.5 Å². The van der Waals surface area contributed by atoms with Gasteiger partial charge in [-0.2, -0.15) is 0 Å². The van der Waals surface area contributed by atoms with Gasteiger partial charge in [-0.25, -0.2) is 4.85 Å². The Balaban J connectivity index is 1.58. The first-order chi connectivity index (χ1) is 18.7. The third kappa shape index (κ3) is 6.26. The second kappa shape index (κ2) is 12.1. The number of ether oxygens (including phenoxy) is 2. The smallest absolute Gasteiger partial charge is 0.303 e. The highest BCUT2D eigenvalue weighted by Crippen LogP contribution is 2.27. The van der Waals surface area contributed by atoms with Crippen LogP contribution in [0, 0.1) is 13.5 Å². The van der Waals surface area contributed by atoms with E-state index >= 15 is 0 Å². The van der Waals surface area contributed by atoms with Crippen molar-refractivity contribution in [2.75, 3.05) is 36.5 Å². The SMILES string of the molecule is [C-]#[N+]c1ccc(NC(=O)[C@H](OC(C)=O)[C@H]2OCCN(c3cc(C)cc(C(=O)N4CCCC4)c3)C2=O)cc1CC. The third-order valence-corrected chi connectivity index (χ3v) is 6.81. The standard InChI is InChI=1S/C29H32N4O6/c1-5-20-16-22(8-9-24(20)30-4)31-27(35)25(39-19(3)34)26-29(37)33(12-13-38-26)23-15-18(2)14-21(17-23)28(36)32-10-6-7-11-32/h8-9,14-17,25-26H,5-7,10-13H2,1-3H3,(H,31,35)/t25-,26-/m1/s1. The molecule has 2 aliphatic rings. The molecule has 4 rings (SSSR count). The van der Waals surface area contributed by atoms with E-state index in [2.05, 4.69) is 10.2 Å². The zero-order chi connectivity index (χ0) is 28.1. The fourth-order valence-corrected chi connectivity index (χ4v) is 4.92. The molecule has 2 atom stereocenters. The number of hydrogen-bond donors (Lipinski definition) is 1. The highest BCUT2D eigenvalue weighted by Gasteiger charge is 2.43. The van der Waals surface area contributed by atoms with Gasteiger partial charge in [0.1, 0.15) is 0 Å². The van der Waals surface area contributed by atoms with Gasteiger partial charge in [0.2, 0.25) is 6.10 Å². The molecule has 1 N–H and O–H groups in total. The molecule has 2 aliphatic heterocycles. The summed E-state index contributed by atoms with van der Waals surface area (Å²) in [6.45, 7) is 13.9. The maximum Gasteiger partial charge on any atom is 0.303 e. The summed E-state index contributed by atoms with van der Waals surface area (Å²) in [5, 5.41) is 2.69. The molecule has 10 heteroatoms. The molecule has 39 heavy (non-hydrogen) atoms. The molecular formula is C29H32N4O6. The van der Waals surface area contributed by atoms with Crippen LogP contribution in [0.15, 0.2) is 36.4 Å². The Morgan fingerprint density at radius 3 is 2.56 bits per heavy atom. The van der Waals surface area contributed by atoms with Crippen molar-refractivity contribution in [2.45, 2.75) is 52.2 Å². The molecule has 2 heterocycles. The first kappa shape index (κ1) is 27.8. The number of carbonyl (C=O) groups excluding carboxylic acids is 4. The number of esters is 1. The molecule has 2 saturated heterocycles. The Morgan fingerprint density at radius 1 is 1.15 bits per heavy atom. The van der Waals surface area contributed by atoms with Gasteiger partial charge in [0.05, 0.1) is 13.2 Å². The predicted molar refractivity (Wildman–Crippen MR) is 145 cm³/mol. The monoisotopic (exact) mass is 532 g/mol. The lowest BCUT2D eigenvalue weighted by atomic mass is 10.1. The maximum atomic E-state index is 13.6. The van der Waals surface area contributed by atoms with Gasteiger partial charge in [0.25, 0.3) is 17.7 Å². The molecule has 0 unspecified atom stereocenters. The molecule has 0 aliphatic carbocycles. The van der Waals surface area contributed by atoms with Crippen LogP contribution in [0.25, 0.3) is 4.85 Å². The fourth-order valence-electron chi connectivity index (χ4n) is 4.92. The predicted octanol–water partition coefficient (Wildman–Crippen LogP) is 3.65. The zero-order valence-corrected chi connectivity index (χ0v) is 22.4. The molecule has 0 aromatic heterocycles. The Labute approximate surface area is 227 Å². The zero-order valence-electron chi connectivity index (χ0n) is 22.4. The van der Waals surface area contributed by atoms with E-state index < -0.39 is 30.0 Å². The summed E-state index contributed by atoms with van der Waals surface area (Å²) in [5.41, 5.74) is 3.46. The van der Waals surface area contributed by atoms with E-state index in [9.17, 15) is 19.2 Å². The van der Waals surface area contributed by atoms with Crippen LogP contribution in [0.4, 0.5) is 17.1 Å². The Bertz CT molecular complexity index is 1330. The van der Waals surface area contributed by atoms with Gasteiger partial charge >= 0.3 is 5.97 Å². The molecule has 10 nitrogen and oxygen atoms in total.